The first-order valence-corrected chi connectivity index (χ1v) is 11.6. The Hall–Kier alpha value is -0.520. The van der Waals surface area contributed by atoms with Gasteiger partial charge in [-0.2, -0.15) is 0 Å². The number of hydrogen-bond acceptors (Lipinski definition) is 10. The first kappa shape index (κ1) is 34.6. The standard InChI is InChI=1S/C18H38N2O9P2.CH4O/c1-2-19-17(21)3-4-20-18(22)15-27-16(13-25-7-5-23-9-11-28-30)14-26-8-6-24-10-12-29-31;1-2/h16H,2-15,30-31H2,1H3,(H,19,21)(H,20,22);2H,1H3. The summed E-state index contributed by atoms with van der Waals surface area (Å²) in [6, 6.07) is 0. The molecule has 0 spiro atoms. The molecule has 0 aromatic heterocycles. The fourth-order valence-corrected chi connectivity index (χ4v) is 2.27. The molecule has 0 aromatic rings. The molecule has 14 heteroatoms. The number of carbonyl (C=O) groups excluding carboxylic acids is 2. The fraction of sp³-hybridized carbons (Fsp3) is 0.895. The zero-order valence-corrected chi connectivity index (χ0v) is 22.1. The highest BCUT2D eigenvalue weighted by Gasteiger charge is 2.13. The van der Waals surface area contributed by atoms with Gasteiger partial charge in [0.1, 0.15) is 12.7 Å². The monoisotopic (exact) mass is 520 g/mol. The number of rotatable bonds is 23. The van der Waals surface area contributed by atoms with E-state index in [9.17, 15) is 9.59 Å². The van der Waals surface area contributed by atoms with Gasteiger partial charge in [0.15, 0.2) is 0 Å². The number of amides is 2. The lowest BCUT2D eigenvalue weighted by Gasteiger charge is -2.18. The molecule has 12 nitrogen and oxygen atoms in total. The number of ether oxygens (including phenoxy) is 5. The summed E-state index contributed by atoms with van der Waals surface area (Å²) >= 11 is 0. The number of nitrogens with one attached hydrogen (secondary N) is 2. The van der Waals surface area contributed by atoms with Crippen molar-refractivity contribution in [1.82, 2.24) is 10.6 Å². The smallest absolute Gasteiger partial charge is 0.246 e. The van der Waals surface area contributed by atoms with Crippen molar-refractivity contribution in [2.24, 2.45) is 0 Å². The maximum Gasteiger partial charge on any atom is 0.246 e. The predicted molar refractivity (Wildman–Crippen MR) is 129 cm³/mol. The Morgan fingerprint density at radius 3 is 1.73 bits per heavy atom. The highest BCUT2D eigenvalue weighted by Crippen LogP contribution is 1.97. The molecule has 0 radical (unpaired) electrons. The lowest BCUT2D eigenvalue weighted by molar-refractivity contribution is -0.132. The molecule has 2 unspecified atom stereocenters. The van der Waals surface area contributed by atoms with Gasteiger partial charge in [-0.25, -0.2) is 0 Å². The summed E-state index contributed by atoms with van der Waals surface area (Å²) in [5.41, 5.74) is 0. The molecule has 0 aliphatic heterocycles. The van der Waals surface area contributed by atoms with Gasteiger partial charge in [-0.05, 0) is 6.92 Å². The molecule has 0 aromatic carbocycles. The minimum absolute atomic E-state index is 0.110. The molecule has 3 N–H and O–H groups in total. The molecule has 0 fully saturated rings. The second-order valence-corrected chi connectivity index (χ2v) is 6.77. The summed E-state index contributed by atoms with van der Waals surface area (Å²) in [5.74, 6) is -0.419. The van der Waals surface area contributed by atoms with Crippen LogP contribution < -0.4 is 10.6 Å². The van der Waals surface area contributed by atoms with Crippen molar-refractivity contribution in [2.45, 2.75) is 19.4 Å². The second-order valence-electron chi connectivity index (χ2n) is 6.10. The van der Waals surface area contributed by atoms with Gasteiger partial charge < -0.3 is 48.5 Å². The second kappa shape index (κ2) is 29.5. The van der Waals surface area contributed by atoms with Crippen molar-refractivity contribution in [3.63, 3.8) is 0 Å². The zero-order valence-electron chi connectivity index (χ0n) is 19.8. The van der Waals surface area contributed by atoms with E-state index < -0.39 is 6.10 Å². The van der Waals surface area contributed by atoms with E-state index in [0.29, 0.717) is 59.4 Å². The Bertz CT molecular complexity index is 421. The Labute approximate surface area is 201 Å². The Kier molecular flexibility index (Phi) is 31.0. The van der Waals surface area contributed by atoms with E-state index in [-0.39, 0.29) is 44.6 Å². The van der Waals surface area contributed by atoms with Crippen molar-refractivity contribution in [3.05, 3.63) is 0 Å². The van der Waals surface area contributed by atoms with Crippen molar-refractivity contribution in [1.29, 1.82) is 0 Å². The van der Waals surface area contributed by atoms with Crippen LogP contribution in [0.4, 0.5) is 0 Å². The van der Waals surface area contributed by atoms with Gasteiger partial charge in [-0.1, -0.05) is 0 Å². The lowest BCUT2D eigenvalue weighted by Crippen LogP contribution is -2.35. The van der Waals surface area contributed by atoms with E-state index in [1.54, 1.807) is 0 Å². The van der Waals surface area contributed by atoms with Crippen molar-refractivity contribution in [3.8, 4) is 0 Å². The summed E-state index contributed by atoms with van der Waals surface area (Å²) in [7, 11) is 5.32. The highest BCUT2D eigenvalue weighted by atomic mass is 31.0. The third-order valence-corrected chi connectivity index (χ3v) is 4.01. The lowest BCUT2D eigenvalue weighted by atomic mass is 10.4. The zero-order chi connectivity index (χ0) is 25.0. The molecule has 0 bridgehead atoms. The highest BCUT2D eigenvalue weighted by molar-refractivity contribution is 7.10. The normalized spacial score (nSPS) is 10.6. The molecule has 2 amide bonds. The van der Waals surface area contributed by atoms with E-state index in [1.807, 2.05) is 6.92 Å². The third-order valence-electron chi connectivity index (χ3n) is 3.54. The van der Waals surface area contributed by atoms with Gasteiger partial charge in [-0.15, -0.1) is 0 Å². The summed E-state index contributed by atoms with van der Waals surface area (Å²) in [6.07, 6.45) is -0.210. The van der Waals surface area contributed by atoms with Crippen LogP contribution in [0.15, 0.2) is 0 Å². The Morgan fingerprint density at radius 2 is 1.24 bits per heavy atom. The Balaban J connectivity index is 0. The van der Waals surface area contributed by atoms with Crippen LogP contribution in [0.25, 0.3) is 0 Å². The van der Waals surface area contributed by atoms with Gasteiger partial charge in [0.2, 0.25) is 11.8 Å². The van der Waals surface area contributed by atoms with Crippen LogP contribution in [0, 0.1) is 0 Å². The molecule has 0 aliphatic rings. The van der Waals surface area contributed by atoms with Crippen LogP contribution in [0.2, 0.25) is 0 Å². The summed E-state index contributed by atoms with van der Waals surface area (Å²) in [5, 5.41) is 12.3. The maximum atomic E-state index is 11.9. The predicted octanol–water partition coefficient (Wildman–Crippen LogP) is -0.698. The van der Waals surface area contributed by atoms with Crippen LogP contribution in [0.3, 0.4) is 0 Å². The van der Waals surface area contributed by atoms with Crippen molar-refractivity contribution >= 4 is 30.7 Å². The number of aliphatic hydroxyl groups excluding tert-OH is 1. The third kappa shape index (κ3) is 27.6. The largest absolute Gasteiger partial charge is 0.400 e. The minimum atomic E-state index is -0.431. The molecule has 0 saturated carbocycles. The van der Waals surface area contributed by atoms with Crippen molar-refractivity contribution < 1.29 is 47.4 Å². The van der Waals surface area contributed by atoms with E-state index in [4.69, 9.17) is 37.8 Å². The van der Waals surface area contributed by atoms with Gasteiger partial charge in [0.25, 0.3) is 0 Å². The fourth-order valence-electron chi connectivity index (χ4n) is 2.07. The quantitative estimate of drug-likeness (QED) is 0.117. The number of carbonyl (C=O) groups is 2. The average Bonchev–Trinajstić information content (AvgIpc) is 2.82. The van der Waals surface area contributed by atoms with Crippen LogP contribution in [0.5, 0.6) is 0 Å². The molecule has 2 atom stereocenters. The first-order valence-electron chi connectivity index (χ1n) is 10.7. The average molecular weight is 520 g/mol. The van der Waals surface area contributed by atoms with Gasteiger partial charge >= 0.3 is 0 Å². The number of aliphatic hydroxyl groups is 1. The van der Waals surface area contributed by atoms with E-state index >= 15 is 0 Å². The first-order chi connectivity index (χ1) is 16.1. The molecule has 0 saturated heterocycles. The molecular weight excluding hydrogens is 478 g/mol. The number of hydrogen-bond donors (Lipinski definition) is 3. The molecule has 198 valence electrons. The molecule has 33 heavy (non-hydrogen) atoms. The van der Waals surface area contributed by atoms with Gasteiger partial charge in [0, 0.05) is 45.6 Å². The minimum Gasteiger partial charge on any atom is -0.400 e. The molecular formula is C19H42N2O10P2. The van der Waals surface area contributed by atoms with E-state index in [2.05, 4.69) is 29.6 Å². The molecule has 0 rings (SSSR count). The van der Waals surface area contributed by atoms with Crippen LogP contribution in [-0.4, -0.2) is 116 Å². The van der Waals surface area contributed by atoms with Crippen LogP contribution in [-0.2, 0) is 42.3 Å². The summed E-state index contributed by atoms with van der Waals surface area (Å²) in [4.78, 5) is 23.3. The van der Waals surface area contributed by atoms with Gasteiger partial charge in [-0.3, -0.25) is 9.59 Å². The summed E-state index contributed by atoms with van der Waals surface area (Å²) in [6.45, 7) is 6.54. The topological polar surface area (TPSA) is 143 Å². The van der Waals surface area contributed by atoms with Gasteiger partial charge in [0.05, 0.1) is 66.1 Å². The molecule has 0 aliphatic carbocycles. The molecule has 0 heterocycles. The SMILES string of the molecule is CCNC(=O)CCNC(=O)COC(COCCOCCOP)COCCOCCOP.CO. The van der Waals surface area contributed by atoms with E-state index in [1.165, 1.54) is 0 Å². The van der Waals surface area contributed by atoms with Crippen LogP contribution in [0.1, 0.15) is 13.3 Å². The van der Waals surface area contributed by atoms with Crippen molar-refractivity contribution in [2.75, 3.05) is 92.9 Å². The Morgan fingerprint density at radius 1 is 0.758 bits per heavy atom. The van der Waals surface area contributed by atoms with Crippen LogP contribution >= 0.6 is 18.9 Å². The maximum absolute atomic E-state index is 11.9. The summed E-state index contributed by atoms with van der Waals surface area (Å²) < 4.78 is 37.0. The van der Waals surface area contributed by atoms with E-state index in [0.717, 1.165) is 7.11 Å².